The summed E-state index contributed by atoms with van der Waals surface area (Å²) in [6.45, 7) is 5.53. The lowest BCUT2D eigenvalue weighted by Crippen LogP contribution is -2.54. The third kappa shape index (κ3) is 6.60. The summed E-state index contributed by atoms with van der Waals surface area (Å²) in [5.74, 6) is -6.92. The zero-order valence-electron chi connectivity index (χ0n) is 17.9. The molecule has 0 aliphatic carbocycles. The van der Waals surface area contributed by atoms with Crippen LogP contribution in [0.3, 0.4) is 0 Å². The minimum absolute atomic E-state index is 0.321. The first kappa shape index (κ1) is 24.0. The SMILES string of the molecule is CC(C)(C)OC(=O)C(NC(=O)[C@@](C)(F)N(F)C(=O)Cc1ccccc1)c1ccccc1. The monoisotopic (exact) mass is 432 g/mol. The number of benzene rings is 2. The summed E-state index contributed by atoms with van der Waals surface area (Å²) in [6, 6.07) is 14.8. The van der Waals surface area contributed by atoms with Gasteiger partial charge in [-0.1, -0.05) is 65.1 Å². The zero-order chi connectivity index (χ0) is 23.2. The Labute approximate surface area is 180 Å². The van der Waals surface area contributed by atoms with E-state index in [9.17, 15) is 18.9 Å². The lowest BCUT2D eigenvalue weighted by atomic mass is 10.1. The predicted octanol–water partition coefficient (Wildman–Crippen LogP) is 3.83. The number of carbonyl (C=O) groups is 3. The Bertz CT molecular complexity index is 912. The molecule has 31 heavy (non-hydrogen) atoms. The van der Waals surface area contributed by atoms with Crippen LogP contribution in [0.15, 0.2) is 60.7 Å². The van der Waals surface area contributed by atoms with Crippen LogP contribution in [-0.2, 0) is 25.5 Å². The molecule has 2 rings (SSSR count). The highest BCUT2D eigenvalue weighted by atomic mass is 19.2. The minimum atomic E-state index is -3.35. The summed E-state index contributed by atoms with van der Waals surface area (Å²) < 4.78 is 34.9. The maximum Gasteiger partial charge on any atom is 0.333 e. The minimum Gasteiger partial charge on any atom is -0.458 e. The summed E-state index contributed by atoms with van der Waals surface area (Å²) >= 11 is 0. The lowest BCUT2D eigenvalue weighted by molar-refractivity contribution is -0.189. The number of nitrogens with zero attached hydrogens (tertiary/aromatic N) is 1. The number of alkyl halides is 1. The van der Waals surface area contributed by atoms with Crippen molar-refractivity contribution < 1.29 is 28.0 Å². The molecule has 0 aliphatic heterocycles. The van der Waals surface area contributed by atoms with Gasteiger partial charge in [0.2, 0.25) is 0 Å². The Morgan fingerprint density at radius 3 is 2.00 bits per heavy atom. The molecule has 0 aliphatic rings. The Morgan fingerprint density at radius 2 is 1.48 bits per heavy atom. The fourth-order valence-corrected chi connectivity index (χ4v) is 2.71. The molecular formula is C23H26F2N2O4. The van der Waals surface area contributed by atoms with E-state index in [1.54, 1.807) is 69.3 Å². The molecule has 0 spiro atoms. The summed E-state index contributed by atoms with van der Waals surface area (Å²) in [4.78, 5) is 37.4. The Kier molecular flexibility index (Phi) is 7.49. The average molecular weight is 432 g/mol. The van der Waals surface area contributed by atoms with Crippen molar-refractivity contribution in [3.8, 4) is 0 Å². The molecule has 6 nitrogen and oxygen atoms in total. The molecule has 0 fully saturated rings. The Balaban J connectivity index is 2.20. The normalized spacial score (nSPS) is 14.1. The van der Waals surface area contributed by atoms with E-state index in [1.807, 2.05) is 0 Å². The van der Waals surface area contributed by atoms with Crippen LogP contribution in [0.25, 0.3) is 0 Å². The topological polar surface area (TPSA) is 75.7 Å². The molecule has 8 heteroatoms. The summed E-state index contributed by atoms with van der Waals surface area (Å²) in [5.41, 5.74) is -0.0877. The fourth-order valence-electron chi connectivity index (χ4n) is 2.71. The van der Waals surface area contributed by atoms with Crippen molar-refractivity contribution in [2.75, 3.05) is 0 Å². The van der Waals surface area contributed by atoms with E-state index in [-0.39, 0.29) is 0 Å². The molecular weight excluding hydrogens is 406 g/mol. The smallest absolute Gasteiger partial charge is 0.333 e. The Morgan fingerprint density at radius 1 is 0.968 bits per heavy atom. The molecule has 0 bridgehead atoms. The first-order valence-corrected chi connectivity index (χ1v) is 9.72. The van der Waals surface area contributed by atoms with Crippen LogP contribution in [0.1, 0.15) is 44.9 Å². The van der Waals surface area contributed by atoms with E-state index in [1.165, 1.54) is 12.1 Å². The van der Waals surface area contributed by atoms with E-state index in [4.69, 9.17) is 4.74 Å². The highest BCUT2D eigenvalue weighted by Gasteiger charge is 2.45. The van der Waals surface area contributed by atoms with Gasteiger partial charge in [0.1, 0.15) is 5.60 Å². The standard InChI is InChI=1S/C23H26F2N2O4/c1-22(2,3)31-20(29)19(17-13-9-6-10-14-17)26-21(30)23(4,24)27(25)18(28)15-16-11-7-5-8-12-16/h5-14,19H,15H2,1-4H3,(H,26,30)/t19?,23-/m0/s1. The average Bonchev–Trinajstić information content (AvgIpc) is 2.71. The first-order chi connectivity index (χ1) is 14.4. The predicted molar refractivity (Wildman–Crippen MR) is 111 cm³/mol. The number of carbonyl (C=O) groups excluding carboxylic acids is 3. The van der Waals surface area contributed by atoms with Crippen LogP contribution in [0.2, 0.25) is 0 Å². The van der Waals surface area contributed by atoms with Gasteiger partial charge in [0, 0.05) is 6.92 Å². The third-order valence-corrected chi connectivity index (χ3v) is 4.25. The van der Waals surface area contributed by atoms with Gasteiger partial charge in [-0.3, -0.25) is 9.59 Å². The van der Waals surface area contributed by atoms with Crippen molar-refractivity contribution in [2.45, 2.75) is 51.6 Å². The van der Waals surface area contributed by atoms with Crippen LogP contribution in [-0.4, -0.2) is 34.3 Å². The maximum atomic E-state index is 15.1. The lowest BCUT2D eigenvalue weighted by Gasteiger charge is -2.29. The fraction of sp³-hybridized carbons (Fsp3) is 0.348. The summed E-state index contributed by atoms with van der Waals surface area (Å²) in [5, 5.41) is 1.42. The second-order valence-corrected chi connectivity index (χ2v) is 8.14. The van der Waals surface area contributed by atoms with Crippen molar-refractivity contribution >= 4 is 17.8 Å². The van der Waals surface area contributed by atoms with Crippen LogP contribution >= 0.6 is 0 Å². The molecule has 1 unspecified atom stereocenters. The molecule has 2 amide bonds. The van der Waals surface area contributed by atoms with Crippen LogP contribution in [0.4, 0.5) is 8.87 Å². The van der Waals surface area contributed by atoms with Gasteiger partial charge in [-0.15, -0.1) is 5.12 Å². The number of halogens is 2. The van der Waals surface area contributed by atoms with E-state index >= 15 is 4.39 Å². The molecule has 2 aromatic carbocycles. The number of hydrogen-bond acceptors (Lipinski definition) is 4. The van der Waals surface area contributed by atoms with Crippen LogP contribution in [0, 0.1) is 0 Å². The molecule has 166 valence electrons. The van der Waals surface area contributed by atoms with Crippen molar-refractivity contribution in [2.24, 2.45) is 0 Å². The number of amides is 2. The molecule has 0 radical (unpaired) electrons. The third-order valence-electron chi connectivity index (χ3n) is 4.25. The van der Waals surface area contributed by atoms with E-state index in [2.05, 4.69) is 5.32 Å². The molecule has 2 atom stereocenters. The van der Waals surface area contributed by atoms with E-state index in [0.29, 0.717) is 18.1 Å². The van der Waals surface area contributed by atoms with Gasteiger partial charge < -0.3 is 10.1 Å². The van der Waals surface area contributed by atoms with Crippen LogP contribution < -0.4 is 5.32 Å². The molecule has 1 N–H and O–H groups in total. The molecule has 0 aromatic heterocycles. The van der Waals surface area contributed by atoms with Gasteiger partial charge in [-0.05, 0) is 31.9 Å². The molecule has 0 saturated carbocycles. The molecule has 2 aromatic rings. The van der Waals surface area contributed by atoms with Gasteiger partial charge in [-0.25, -0.2) is 9.18 Å². The van der Waals surface area contributed by atoms with Gasteiger partial charge in [0.25, 0.3) is 17.6 Å². The summed E-state index contributed by atoms with van der Waals surface area (Å²) in [6.07, 6.45) is -0.432. The van der Waals surface area contributed by atoms with Crippen molar-refractivity contribution in [1.29, 1.82) is 0 Å². The number of rotatable bonds is 7. The second kappa shape index (κ2) is 9.68. The quantitative estimate of drug-likeness (QED) is 0.410. The largest absolute Gasteiger partial charge is 0.458 e. The van der Waals surface area contributed by atoms with Crippen molar-refractivity contribution in [3.63, 3.8) is 0 Å². The van der Waals surface area contributed by atoms with Gasteiger partial charge in [0.15, 0.2) is 6.04 Å². The molecule has 0 heterocycles. The van der Waals surface area contributed by atoms with Crippen LogP contribution in [0.5, 0.6) is 0 Å². The summed E-state index contributed by atoms with van der Waals surface area (Å²) in [7, 11) is 0. The van der Waals surface area contributed by atoms with Gasteiger partial charge in [-0.2, -0.15) is 0 Å². The number of esters is 1. The van der Waals surface area contributed by atoms with E-state index < -0.39 is 46.8 Å². The van der Waals surface area contributed by atoms with Gasteiger partial charge >= 0.3 is 5.97 Å². The number of nitrogens with one attached hydrogen (secondary N) is 1. The number of hydrogen-bond donors (Lipinski definition) is 1. The number of ether oxygens (including phenoxy) is 1. The second-order valence-electron chi connectivity index (χ2n) is 8.14. The molecule has 0 saturated heterocycles. The maximum absolute atomic E-state index is 15.1. The Hall–Kier alpha value is -3.29. The zero-order valence-corrected chi connectivity index (χ0v) is 17.9. The highest BCUT2D eigenvalue weighted by Crippen LogP contribution is 2.24. The van der Waals surface area contributed by atoms with Gasteiger partial charge in [0.05, 0.1) is 6.42 Å². The van der Waals surface area contributed by atoms with E-state index in [0.717, 1.165) is 0 Å². The highest BCUT2D eigenvalue weighted by molar-refractivity contribution is 5.92. The first-order valence-electron chi connectivity index (χ1n) is 9.72. The van der Waals surface area contributed by atoms with Crippen molar-refractivity contribution in [3.05, 3.63) is 71.8 Å². The van der Waals surface area contributed by atoms with Crippen molar-refractivity contribution in [1.82, 2.24) is 10.4 Å².